The summed E-state index contributed by atoms with van der Waals surface area (Å²) in [5.41, 5.74) is 2.67. The number of fused-ring (bicyclic) bond motifs is 1. The van der Waals surface area contributed by atoms with Gasteiger partial charge in [-0.2, -0.15) is 5.26 Å². The zero-order valence-electron chi connectivity index (χ0n) is 11.8. The number of aromatic nitrogens is 1. The van der Waals surface area contributed by atoms with Crippen molar-refractivity contribution in [3.05, 3.63) is 22.9 Å². The SMILES string of the molecule is CC(CS(C)(=O)=O)Nc1nc2c(cc1C#N)CCCC2. The normalized spacial score (nSPS) is 16.1. The van der Waals surface area contributed by atoms with Gasteiger partial charge in [0.2, 0.25) is 0 Å². The van der Waals surface area contributed by atoms with Crippen LogP contribution in [0.5, 0.6) is 0 Å². The number of pyridine rings is 1. The lowest BCUT2D eigenvalue weighted by molar-refractivity contribution is 0.597. The summed E-state index contributed by atoms with van der Waals surface area (Å²) < 4.78 is 22.6. The van der Waals surface area contributed by atoms with Crippen LogP contribution in [0.3, 0.4) is 0 Å². The average molecular weight is 293 g/mol. The van der Waals surface area contributed by atoms with E-state index >= 15 is 0 Å². The highest BCUT2D eigenvalue weighted by atomic mass is 32.2. The highest BCUT2D eigenvalue weighted by Crippen LogP contribution is 2.24. The largest absolute Gasteiger partial charge is 0.365 e. The van der Waals surface area contributed by atoms with Gasteiger partial charge in [-0.1, -0.05) is 0 Å². The fraction of sp³-hybridized carbons (Fsp3) is 0.571. The second kappa shape index (κ2) is 5.80. The number of rotatable bonds is 4. The molecule has 5 nitrogen and oxygen atoms in total. The van der Waals surface area contributed by atoms with E-state index < -0.39 is 9.84 Å². The van der Waals surface area contributed by atoms with Crippen LogP contribution in [0, 0.1) is 11.3 Å². The average Bonchev–Trinajstić information content (AvgIpc) is 2.35. The molecule has 6 heteroatoms. The molecule has 0 fully saturated rings. The Labute approximate surface area is 119 Å². The van der Waals surface area contributed by atoms with Gasteiger partial charge in [0.25, 0.3) is 0 Å². The molecule has 1 heterocycles. The van der Waals surface area contributed by atoms with Crippen LogP contribution >= 0.6 is 0 Å². The molecule has 1 N–H and O–H groups in total. The Morgan fingerprint density at radius 1 is 1.45 bits per heavy atom. The van der Waals surface area contributed by atoms with Crippen LogP contribution < -0.4 is 5.32 Å². The Morgan fingerprint density at radius 2 is 2.15 bits per heavy atom. The zero-order chi connectivity index (χ0) is 14.8. The van der Waals surface area contributed by atoms with Gasteiger partial charge in [0.05, 0.1) is 11.3 Å². The lowest BCUT2D eigenvalue weighted by Crippen LogP contribution is -2.26. The summed E-state index contributed by atoms with van der Waals surface area (Å²) in [5.74, 6) is 0.528. The van der Waals surface area contributed by atoms with E-state index in [0.717, 1.165) is 36.9 Å². The summed E-state index contributed by atoms with van der Waals surface area (Å²) in [7, 11) is -3.05. The number of anilines is 1. The number of nitriles is 1. The van der Waals surface area contributed by atoms with Crippen LogP contribution in [-0.4, -0.2) is 31.5 Å². The van der Waals surface area contributed by atoms with E-state index in [0.29, 0.717) is 11.4 Å². The van der Waals surface area contributed by atoms with Crippen molar-refractivity contribution < 1.29 is 8.42 Å². The van der Waals surface area contributed by atoms with Crippen LogP contribution in [0.4, 0.5) is 5.82 Å². The maximum atomic E-state index is 11.3. The first-order chi connectivity index (χ1) is 9.39. The van der Waals surface area contributed by atoms with Crippen molar-refractivity contribution in [3.63, 3.8) is 0 Å². The summed E-state index contributed by atoms with van der Waals surface area (Å²) >= 11 is 0. The van der Waals surface area contributed by atoms with Crippen molar-refractivity contribution in [2.45, 2.75) is 38.6 Å². The second-order valence-corrected chi connectivity index (χ2v) is 7.63. The summed E-state index contributed by atoms with van der Waals surface area (Å²) in [6.45, 7) is 1.78. The Balaban J connectivity index is 2.25. The van der Waals surface area contributed by atoms with Gasteiger partial charge in [-0.3, -0.25) is 0 Å². The molecule has 108 valence electrons. The summed E-state index contributed by atoms with van der Waals surface area (Å²) in [5, 5.41) is 12.3. The van der Waals surface area contributed by atoms with E-state index in [1.165, 1.54) is 6.26 Å². The van der Waals surface area contributed by atoms with Crippen molar-refractivity contribution in [2.24, 2.45) is 0 Å². The molecule has 0 aliphatic heterocycles. The lowest BCUT2D eigenvalue weighted by atomic mass is 9.95. The van der Waals surface area contributed by atoms with Crippen molar-refractivity contribution in [1.82, 2.24) is 4.98 Å². The molecule has 20 heavy (non-hydrogen) atoms. The topological polar surface area (TPSA) is 82.8 Å². The minimum atomic E-state index is -3.05. The molecule has 0 radical (unpaired) electrons. The fourth-order valence-corrected chi connectivity index (χ4v) is 3.55. The van der Waals surface area contributed by atoms with E-state index in [1.54, 1.807) is 6.92 Å². The van der Waals surface area contributed by atoms with Gasteiger partial charge in [0.15, 0.2) is 0 Å². The van der Waals surface area contributed by atoms with Crippen molar-refractivity contribution in [2.75, 3.05) is 17.3 Å². The standard InChI is InChI=1S/C14H19N3O2S/c1-10(9-20(2,18)19)16-14-12(8-15)7-11-5-3-4-6-13(11)17-14/h7,10H,3-6,9H2,1-2H3,(H,16,17). The van der Waals surface area contributed by atoms with Crippen molar-refractivity contribution >= 4 is 15.7 Å². The highest BCUT2D eigenvalue weighted by Gasteiger charge is 2.17. The number of sulfone groups is 1. The molecule has 1 unspecified atom stereocenters. The summed E-state index contributed by atoms with van der Waals surface area (Å²) in [4.78, 5) is 4.53. The predicted octanol–water partition coefficient (Wildman–Crippen LogP) is 1.68. The van der Waals surface area contributed by atoms with Crippen LogP contribution in [-0.2, 0) is 22.7 Å². The maximum absolute atomic E-state index is 11.3. The monoisotopic (exact) mass is 293 g/mol. The molecule has 1 aromatic heterocycles. The minimum absolute atomic E-state index is 0.0244. The summed E-state index contributed by atoms with van der Waals surface area (Å²) in [6, 6.07) is 3.75. The smallest absolute Gasteiger partial charge is 0.149 e. The zero-order valence-corrected chi connectivity index (χ0v) is 12.6. The molecule has 1 aromatic rings. The lowest BCUT2D eigenvalue weighted by Gasteiger charge is -2.19. The molecule has 0 spiro atoms. The van der Waals surface area contributed by atoms with E-state index in [4.69, 9.17) is 0 Å². The van der Waals surface area contributed by atoms with Crippen molar-refractivity contribution in [3.8, 4) is 6.07 Å². The molecule has 0 amide bonds. The van der Waals surface area contributed by atoms with E-state index in [-0.39, 0.29) is 11.8 Å². The first-order valence-electron chi connectivity index (χ1n) is 6.76. The third-order valence-corrected chi connectivity index (χ3v) is 4.46. The highest BCUT2D eigenvalue weighted by molar-refractivity contribution is 7.90. The van der Waals surface area contributed by atoms with Crippen LogP contribution in [0.1, 0.15) is 36.6 Å². The molecular formula is C14H19N3O2S. The first-order valence-corrected chi connectivity index (χ1v) is 8.82. The number of hydrogen-bond acceptors (Lipinski definition) is 5. The third kappa shape index (κ3) is 3.70. The molecule has 1 aliphatic rings. The van der Waals surface area contributed by atoms with Gasteiger partial charge in [-0.05, 0) is 44.2 Å². The summed E-state index contributed by atoms with van der Waals surface area (Å²) in [6.07, 6.45) is 5.35. The Bertz CT molecular complexity index is 647. The fourth-order valence-electron chi connectivity index (χ4n) is 2.56. The van der Waals surface area contributed by atoms with Gasteiger partial charge >= 0.3 is 0 Å². The van der Waals surface area contributed by atoms with E-state index in [1.807, 2.05) is 6.07 Å². The van der Waals surface area contributed by atoms with Crippen LogP contribution in [0.15, 0.2) is 6.07 Å². The van der Waals surface area contributed by atoms with Gasteiger partial charge in [-0.15, -0.1) is 0 Å². The molecule has 2 rings (SSSR count). The quantitative estimate of drug-likeness (QED) is 0.913. The Morgan fingerprint density at radius 3 is 2.80 bits per heavy atom. The molecule has 0 saturated carbocycles. The van der Waals surface area contributed by atoms with Crippen LogP contribution in [0.2, 0.25) is 0 Å². The Kier molecular flexibility index (Phi) is 4.29. The number of nitrogens with zero attached hydrogens (tertiary/aromatic N) is 2. The number of hydrogen-bond donors (Lipinski definition) is 1. The molecule has 1 atom stereocenters. The number of nitrogens with one attached hydrogen (secondary N) is 1. The maximum Gasteiger partial charge on any atom is 0.149 e. The van der Waals surface area contributed by atoms with E-state index in [9.17, 15) is 13.7 Å². The van der Waals surface area contributed by atoms with Gasteiger partial charge in [0, 0.05) is 18.0 Å². The third-order valence-electron chi connectivity index (χ3n) is 3.36. The predicted molar refractivity (Wildman–Crippen MR) is 78.4 cm³/mol. The number of aryl methyl sites for hydroxylation is 2. The first kappa shape index (κ1) is 14.8. The minimum Gasteiger partial charge on any atom is -0.365 e. The van der Waals surface area contributed by atoms with Gasteiger partial charge in [0.1, 0.15) is 21.7 Å². The second-order valence-electron chi connectivity index (χ2n) is 5.45. The van der Waals surface area contributed by atoms with Crippen molar-refractivity contribution in [1.29, 1.82) is 5.26 Å². The molecular weight excluding hydrogens is 274 g/mol. The van der Waals surface area contributed by atoms with Crippen LogP contribution in [0.25, 0.3) is 0 Å². The molecule has 0 saturated heterocycles. The molecule has 0 bridgehead atoms. The van der Waals surface area contributed by atoms with E-state index in [2.05, 4.69) is 16.4 Å². The molecule has 0 aromatic carbocycles. The molecule has 1 aliphatic carbocycles. The van der Waals surface area contributed by atoms with Gasteiger partial charge < -0.3 is 5.32 Å². The Hall–Kier alpha value is -1.61. The van der Waals surface area contributed by atoms with Gasteiger partial charge in [-0.25, -0.2) is 13.4 Å².